The molecule has 0 saturated carbocycles. The van der Waals surface area contributed by atoms with E-state index in [9.17, 15) is 0 Å². The van der Waals surface area contributed by atoms with E-state index in [1.165, 1.54) is 7.11 Å². The third kappa shape index (κ3) is 2.09. The van der Waals surface area contributed by atoms with Gasteiger partial charge in [-0.05, 0) is 22.0 Å². The Morgan fingerprint density at radius 2 is 2.46 bits per heavy atom. The van der Waals surface area contributed by atoms with Crippen molar-refractivity contribution >= 4 is 21.8 Å². The lowest BCUT2D eigenvalue weighted by Crippen LogP contribution is -2.15. The molecule has 1 aromatic rings. The predicted molar refractivity (Wildman–Crippen MR) is 51.0 cm³/mol. The molecule has 13 heavy (non-hydrogen) atoms. The monoisotopic (exact) mass is 245 g/mol. The second kappa shape index (κ2) is 4.08. The number of nitrogens with zero attached hydrogens (tertiary/aromatic N) is 2. The van der Waals surface area contributed by atoms with E-state index in [1.54, 1.807) is 12.3 Å². The molecule has 0 aliphatic carbocycles. The molecule has 0 amide bonds. The van der Waals surface area contributed by atoms with Gasteiger partial charge >= 0.3 is 0 Å². The second-order valence-electron chi connectivity index (χ2n) is 2.20. The molecule has 0 unspecified atom stereocenters. The zero-order chi connectivity index (χ0) is 9.84. The lowest BCUT2D eigenvalue weighted by Gasteiger charge is -2.05. The molecule has 0 saturated heterocycles. The third-order valence-electron chi connectivity index (χ3n) is 1.39. The molecule has 1 aromatic heterocycles. The first-order valence-corrected chi connectivity index (χ1v) is 4.15. The summed E-state index contributed by atoms with van der Waals surface area (Å²) < 4.78 is 5.65. The first-order valence-electron chi connectivity index (χ1n) is 3.36. The molecule has 0 bridgehead atoms. The molecule has 5 nitrogen and oxygen atoms in total. The predicted octanol–water partition coefficient (Wildman–Crippen LogP) is 0.947. The molecule has 3 N–H and O–H groups in total. The van der Waals surface area contributed by atoms with Gasteiger partial charge in [0, 0.05) is 10.7 Å². The molecule has 1 heterocycles. The zero-order valence-electron chi connectivity index (χ0n) is 6.86. The van der Waals surface area contributed by atoms with Gasteiger partial charge in [-0.25, -0.2) is 4.98 Å². The molecule has 0 aliphatic rings. The maximum atomic E-state index is 8.46. The standard InChI is InChI=1S/C7H8BrN3O2/c1-13-7-5(6(9)11-12)2-4(8)3-10-7/h2-3,12H,1H3,(H2,9,11). The van der Waals surface area contributed by atoms with E-state index in [0.717, 1.165) is 4.47 Å². The van der Waals surface area contributed by atoms with Crippen LogP contribution in [0.5, 0.6) is 5.88 Å². The molecule has 0 aliphatic heterocycles. The first-order chi connectivity index (χ1) is 6.19. The van der Waals surface area contributed by atoms with E-state index in [0.29, 0.717) is 11.4 Å². The minimum Gasteiger partial charge on any atom is -0.480 e. The van der Waals surface area contributed by atoms with Gasteiger partial charge in [0.2, 0.25) is 5.88 Å². The van der Waals surface area contributed by atoms with Crippen molar-refractivity contribution in [1.82, 2.24) is 4.98 Å². The van der Waals surface area contributed by atoms with Gasteiger partial charge in [-0.15, -0.1) is 0 Å². The number of amidine groups is 1. The highest BCUT2D eigenvalue weighted by atomic mass is 79.9. The van der Waals surface area contributed by atoms with Crippen LogP contribution in [0.15, 0.2) is 21.9 Å². The maximum absolute atomic E-state index is 8.46. The van der Waals surface area contributed by atoms with Crippen molar-refractivity contribution in [2.45, 2.75) is 0 Å². The number of aromatic nitrogens is 1. The van der Waals surface area contributed by atoms with Crippen molar-refractivity contribution in [3.05, 3.63) is 22.3 Å². The van der Waals surface area contributed by atoms with Gasteiger partial charge < -0.3 is 15.7 Å². The molecule has 0 aromatic carbocycles. The van der Waals surface area contributed by atoms with E-state index in [1.807, 2.05) is 0 Å². The number of halogens is 1. The Kier molecular flexibility index (Phi) is 3.07. The van der Waals surface area contributed by atoms with Crippen LogP contribution in [0, 0.1) is 0 Å². The Hall–Kier alpha value is -1.30. The van der Waals surface area contributed by atoms with Crippen LogP contribution < -0.4 is 10.5 Å². The van der Waals surface area contributed by atoms with E-state index < -0.39 is 0 Å². The topological polar surface area (TPSA) is 80.7 Å². The summed E-state index contributed by atoms with van der Waals surface area (Å²) in [7, 11) is 1.46. The second-order valence-corrected chi connectivity index (χ2v) is 3.11. The summed E-state index contributed by atoms with van der Waals surface area (Å²) in [5.41, 5.74) is 5.84. The summed E-state index contributed by atoms with van der Waals surface area (Å²) in [6, 6.07) is 1.65. The largest absolute Gasteiger partial charge is 0.480 e. The third-order valence-corrected chi connectivity index (χ3v) is 1.83. The van der Waals surface area contributed by atoms with Crippen LogP contribution in [-0.2, 0) is 0 Å². The van der Waals surface area contributed by atoms with Crippen LogP contribution in [0.2, 0.25) is 0 Å². The highest BCUT2D eigenvalue weighted by Crippen LogP contribution is 2.18. The van der Waals surface area contributed by atoms with Crippen LogP contribution >= 0.6 is 15.9 Å². The van der Waals surface area contributed by atoms with Crippen molar-refractivity contribution in [3.63, 3.8) is 0 Å². The number of nitrogens with two attached hydrogens (primary N) is 1. The van der Waals surface area contributed by atoms with Gasteiger partial charge in [-0.3, -0.25) is 0 Å². The van der Waals surface area contributed by atoms with Crippen LogP contribution in [0.25, 0.3) is 0 Å². The fourth-order valence-corrected chi connectivity index (χ4v) is 1.16. The Balaban J connectivity index is 3.23. The number of rotatable bonds is 2. The average molecular weight is 246 g/mol. The molecular formula is C7H8BrN3O2. The summed E-state index contributed by atoms with van der Waals surface area (Å²) in [6.45, 7) is 0. The summed E-state index contributed by atoms with van der Waals surface area (Å²) >= 11 is 3.21. The SMILES string of the molecule is COc1ncc(Br)cc1/C(N)=N/O. The Morgan fingerprint density at radius 1 is 1.77 bits per heavy atom. The average Bonchev–Trinajstić information content (AvgIpc) is 2.16. The van der Waals surface area contributed by atoms with Crippen molar-refractivity contribution in [2.24, 2.45) is 10.9 Å². The van der Waals surface area contributed by atoms with E-state index in [2.05, 4.69) is 26.1 Å². The fraction of sp³-hybridized carbons (Fsp3) is 0.143. The number of hydrogen-bond acceptors (Lipinski definition) is 4. The minimum atomic E-state index is -0.0364. The van der Waals surface area contributed by atoms with Crippen LogP contribution in [0.3, 0.4) is 0 Å². The van der Waals surface area contributed by atoms with E-state index in [4.69, 9.17) is 15.7 Å². The van der Waals surface area contributed by atoms with Gasteiger partial charge in [-0.1, -0.05) is 5.16 Å². The van der Waals surface area contributed by atoms with Gasteiger partial charge in [0.25, 0.3) is 0 Å². The molecule has 70 valence electrons. The lowest BCUT2D eigenvalue weighted by atomic mass is 10.2. The maximum Gasteiger partial charge on any atom is 0.224 e. The van der Waals surface area contributed by atoms with Crippen LogP contribution in [0.4, 0.5) is 0 Å². The smallest absolute Gasteiger partial charge is 0.224 e. The summed E-state index contributed by atoms with van der Waals surface area (Å²) in [5.74, 6) is 0.282. The van der Waals surface area contributed by atoms with Crippen molar-refractivity contribution in [3.8, 4) is 5.88 Å². The Bertz CT molecular complexity index is 341. The fourth-order valence-electron chi connectivity index (χ4n) is 0.827. The highest BCUT2D eigenvalue weighted by molar-refractivity contribution is 9.10. The highest BCUT2D eigenvalue weighted by Gasteiger charge is 2.09. The number of methoxy groups -OCH3 is 1. The molecule has 1 rings (SSSR count). The van der Waals surface area contributed by atoms with E-state index >= 15 is 0 Å². The van der Waals surface area contributed by atoms with Gasteiger partial charge in [0.15, 0.2) is 5.84 Å². The molecule has 0 radical (unpaired) electrons. The number of oxime groups is 1. The van der Waals surface area contributed by atoms with Crippen molar-refractivity contribution in [2.75, 3.05) is 7.11 Å². The molecule has 0 atom stereocenters. The minimum absolute atomic E-state index is 0.0364. The normalized spacial score (nSPS) is 11.4. The lowest BCUT2D eigenvalue weighted by molar-refractivity contribution is 0.318. The Labute approximate surface area is 83.3 Å². The zero-order valence-corrected chi connectivity index (χ0v) is 8.45. The van der Waals surface area contributed by atoms with E-state index in [-0.39, 0.29) is 5.84 Å². The summed E-state index contributed by atoms with van der Waals surface area (Å²) in [5, 5.41) is 11.3. The van der Waals surface area contributed by atoms with Gasteiger partial charge in [-0.2, -0.15) is 0 Å². The van der Waals surface area contributed by atoms with Crippen LogP contribution in [-0.4, -0.2) is 23.1 Å². The molecular weight excluding hydrogens is 238 g/mol. The van der Waals surface area contributed by atoms with Crippen molar-refractivity contribution < 1.29 is 9.94 Å². The first kappa shape index (κ1) is 9.79. The van der Waals surface area contributed by atoms with Gasteiger partial charge in [0.05, 0.1) is 12.7 Å². The molecule has 0 spiro atoms. The summed E-state index contributed by atoms with van der Waals surface area (Å²) in [4.78, 5) is 3.92. The van der Waals surface area contributed by atoms with Crippen molar-refractivity contribution in [1.29, 1.82) is 0 Å². The molecule has 0 fully saturated rings. The quantitative estimate of drug-likeness (QED) is 0.352. The number of ether oxygens (including phenoxy) is 1. The number of hydrogen-bond donors (Lipinski definition) is 2. The Morgan fingerprint density at radius 3 is 3.00 bits per heavy atom. The number of pyridine rings is 1. The van der Waals surface area contributed by atoms with Gasteiger partial charge in [0.1, 0.15) is 0 Å². The molecule has 6 heteroatoms. The van der Waals surface area contributed by atoms with Crippen LogP contribution in [0.1, 0.15) is 5.56 Å². The summed E-state index contributed by atoms with van der Waals surface area (Å²) in [6.07, 6.45) is 1.56.